The van der Waals surface area contributed by atoms with Crippen LogP contribution < -0.4 is 14.4 Å². The molecule has 2 atom stereocenters. The molecular formula is C23H26N4O4S. The van der Waals surface area contributed by atoms with Gasteiger partial charge in [0.25, 0.3) is 5.91 Å². The van der Waals surface area contributed by atoms with Crippen molar-refractivity contribution in [3.8, 4) is 5.75 Å². The number of nitrogens with one attached hydrogen (secondary N) is 1. The number of benzene rings is 2. The van der Waals surface area contributed by atoms with Crippen LogP contribution in [0.2, 0.25) is 0 Å². The molecule has 3 aromatic rings. The fraction of sp³-hybridized carbons (Fsp3) is 0.304. The fourth-order valence-corrected chi connectivity index (χ4v) is 5.48. The third-order valence-corrected chi connectivity index (χ3v) is 6.96. The van der Waals surface area contributed by atoms with E-state index in [1.165, 1.54) is 10.6 Å². The number of aromatic nitrogens is 2. The van der Waals surface area contributed by atoms with Crippen LogP contribution in [0.5, 0.6) is 5.75 Å². The topological polar surface area (TPSA) is 93.5 Å². The number of fused-ring (bicyclic) bond motifs is 1. The zero-order valence-electron chi connectivity index (χ0n) is 18.4. The number of sulfonamides is 1. The van der Waals surface area contributed by atoms with Crippen molar-refractivity contribution in [2.24, 2.45) is 7.05 Å². The molecule has 1 N–H and O–H groups in total. The van der Waals surface area contributed by atoms with Crippen molar-refractivity contribution in [2.75, 3.05) is 17.7 Å². The van der Waals surface area contributed by atoms with Crippen molar-refractivity contribution in [3.63, 3.8) is 0 Å². The number of carbonyl (C=O) groups excluding carboxylic acids is 1. The number of ether oxygens (including phenoxy) is 1. The number of anilines is 1. The molecule has 9 heteroatoms. The van der Waals surface area contributed by atoms with E-state index in [2.05, 4.69) is 10.3 Å². The molecule has 1 amide bonds. The number of imidazole rings is 1. The van der Waals surface area contributed by atoms with Gasteiger partial charge in [0.1, 0.15) is 17.6 Å². The van der Waals surface area contributed by atoms with Gasteiger partial charge in [-0.25, -0.2) is 13.4 Å². The number of amides is 1. The molecule has 0 saturated carbocycles. The van der Waals surface area contributed by atoms with Gasteiger partial charge in [-0.15, -0.1) is 0 Å². The lowest BCUT2D eigenvalue weighted by atomic mass is 10.0. The van der Waals surface area contributed by atoms with Gasteiger partial charge in [-0.2, -0.15) is 0 Å². The second-order valence-corrected chi connectivity index (χ2v) is 9.89. The maximum absolute atomic E-state index is 13.2. The van der Waals surface area contributed by atoms with Gasteiger partial charge in [-0.1, -0.05) is 12.1 Å². The van der Waals surface area contributed by atoms with Crippen molar-refractivity contribution < 1.29 is 17.9 Å². The molecule has 4 rings (SSSR count). The summed E-state index contributed by atoms with van der Waals surface area (Å²) in [5, 5.41) is 3.08. The Morgan fingerprint density at radius 2 is 1.94 bits per heavy atom. The van der Waals surface area contributed by atoms with Gasteiger partial charge in [0, 0.05) is 31.0 Å². The molecule has 0 saturated heterocycles. The van der Waals surface area contributed by atoms with Crippen LogP contribution in [-0.2, 0) is 23.5 Å². The summed E-state index contributed by atoms with van der Waals surface area (Å²) in [6.45, 7) is 1.86. The number of hydrogen-bond donors (Lipinski definition) is 1. The molecule has 0 aliphatic carbocycles. The molecule has 0 radical (unpaired) electrons. The summed E-state index contributed by atoms with van der Waals surface area (Å²) in [5.74, 6) is 1.16. The molecule has 8 nitrogen and oxygen atoms in total. The number of carbonyl (C=O) groups is 1. The Morgan fingerprint density at radius 1 is 1.22 bits per heavy atom. The van der Waals surface area contributed by atoms with Crippen LogP contribution in [0.4, 0.5) is 5.69 Å². The highest BCUT2D eigenvalue weighted by Crippen LogP contribution is 2.35. The fourth-order valence-electron chi connectivity index (χ4n) is 4.21. The first-order valence-corrected chi connectivity index (χ1v) is 12.1. The van der Waals surface area contributed by atoms with Crippen LogP contribution in [0.3, 0.4) is 0 Å². The highest BCUT2D eigenvalue weighted by Gasteiger charge is 2.33. The summed E-state index contributed by atoms with van der Waals surface area (Å²) in [4.78, 5) is 17.6. The Hall–Kier alpha value is -3.33. The molecule has 2 unspecified atom stereocenters. The van der Waals surface area contributed by atoms with E-state index in [1.54, 1.807) is 31.5 Å². The number of methoxy groups -OCH3 is 1. The normalized spacial score (nSPS) is 16.5. The van der Waals surface area contributed by atoms with Crippen LogP contribution in [-0.4, -0.2) is 43.3 Å². The number of aryl methyl sites for hydroxylation is 1. The third-order valence-electron chi connectivity index (χ3n) is 5.69. The Balaban J connectivity index is 1.65. The summed E-state index contributed by atoms with van der Waals surface area (Å²) >= 11 is 0. The van der Waals surface area contributed by atoms with Crippen LogP contribution in [0.15, 0.2) is 54.9 Å². The van der Waals surface area contributed by atoms with Crippen molar-refractivity contribution >= 4 is 21.6 Å². The van der Waals surface area contributed by atoms with Gasteiger partial charge in [-0.3, -0.25) is 9.10 Å². The molecule has 1 aliphatic heterocycles. The molecule has 0 bridgehead atoms. The van der Waals surface area contributed by atoms with Crippen LogP contribution in [0.1, 0.15) is 40.3 Å². The molecule has 1 aromatic heterocycles. The van der Waals surface area contributed by atoms with Gasteiger partial charge in [0.15, 0.2) is 0 Å². The SMILES string of the molecule is COc1ccc(C(NC(=O)c2ccc3c(c2)CC(C)N3S(C)(=O)=O)c2nccn2C)cc1. The molecule has 168 valence electrons. The highest BCUT2D eigenvalue weighted by molar-refractivity contribution is 7.92. The second kappa shape index (κ2) is 8.31. The maximum atomic E-state index is 13.2. The Morgan fingerprint density at radius 3 is 2.53 bits per heavy atom. The van der Waals surface area contributed by atoms with E-state index in [9.17, 15) is 13.2 Å². The zero-order chi connectivity index (χ0) is 23.0. The predicted octanol–water partition coefficient (Wildman–Crippen LogP) is 2.66. The van der Waals surface area contributed by atoms with Crippen molar-refractivity contribution in [3.05, 3.63) is 77.4 Å². The van der Waals surface area contributed by atoms with E-state index < -0.39 is 16.1 Å². The predicted molar refractivity (Wildman–Crippen MR) is 122 cm³/mol. The minimum Gasteiger partial charge on any atom is -0.497 e. The summed E-state index contributed by atoms with van der Waals surface area (Å²) in [5.41, 5.74) is 2.81. The van der Waals surface area contributed by atoms with Crippen LogP contribution >= 0.6 is 0 Å². The Labute approximate surface area is 187 Å². The Bertz CT molecular complexity index is 1250. The molecule has 32 heavy (non-hydrogen) atoms. The zero-order valence-corrected chi connectivity index (χ0v) is 19.3. The molecule has 2 aromatic carbocycles. The van der Waals surface area contributed by atoms with E-state index in [4.69, 9.17) is 4.74 Å². The number of hydrogen-bond acceptors (Lipinski definition) is 5. The molecule has 2 heterocycles. The van der Waals surface area contributed by atoms with Crippen LogP contribution in [0.25, 0.3) is 0 Å². The smallest absolute Gasteiger partial charge is 0.252 e. The Kier molecular flexibility index (Phi) is 5.68. The van der Waals surface area contributed by atoms with Crippen molar-refractivity contribution in [1.82, 2.24) is 14.9 Å². The van der Waals surface area contributed by atoms with Gasteiger partial charge in [0.2, 0.25) is 10.0 Å². The standard InChI is InChI=1S/C23H26N4O4S/c1-15-13-18-14-17(7-10-20(18)27(15)32(4,29)30)23(28)25-21(22-24-11-12-26(22)2)16-5-8-19(31-3)9-6-16/h5-12,14-15,21H,13H2,1-4H3,(H,25,28). The van der Waals surface area contributed by atoms with Gasteiger partial charge >= 0.3 is 0 Å². The minimum atomic E-state index is -3.38. The first kappa shape index (κ1) is 21.9. The molecule has 0 spiro atoms. The lowest BCUT2D eigenvalue weighted by Crippen LogP contribution is -2.34. The van der Waals surface area contributed by atoms with E-state index >= 15 is 0 Å². The number of rotatable bonds is 6. The first-order valence-electron chi connectivity index (χ1n) is 10.2. The lowest BCUT2D eigenvalue weighted by Gasteiger charge is -2.22. The largest absolute Gasteiger partial charge is 0.497 e. The first-order chi connectivity index (χ1) is 15.2. The molecular weight excluding hydrogens is 428 g/mol. The highest BCUT2D eigenvalue weighted by atomic mass is 32.2. The van der Waals surface area contributed by atoms with Gasteiger partial charge < -0.3 is 14.6 Å². The average molecular weight is 455 g/mol. The lowest BCUT2D eigenvalue weighted by molar-refractivity contribution is 0.0941. The van der Waals surface area contributed by atoms with E-state index in [0.717, 1.165) is 16.9 Å². The monoisotopic (exact) mass is 454 g/mol. The average Bonchev–Trinajstić information content (AvgIpc) is 3.33. The van der Waals surface area contributed by atoms with E-state index in [0.29, 0.717) is 23.5 Å². The van der Waals surface area contributed by atoms with Gasteiger partial charge in [0.05, 0.1) is 19.1 Å². The summed E-state index contributed by atoms with van der Waals surface area (Å²) in [6.07, 6.45) is 5.28. The molecule has 1 aliphatic rings. The third kappa shape index (κ3) is 4.08. The summed E-state index contributed by atoms with van der Waals surface area (Å²) in [6, 6.07) is 12.0. The van der Waals surface area contributed by atoms with Crippen molar-refractivity contribution in [2.45, 2.75) is 25.4 Å². The maximum Gasteiger partial charge on any atom is 0.252 e. The molecule has 0 fully saturated rings. The second-order valence-electron chi connectivity index (χ2n) is 8.03. The number of nitrogens with zero attached hydrogens (tertiary/aromatic N) is 3. The van der Waals surface area contributed by atoms with Crippen LogP contribution in [0, 0.1) is 0 Å². The van der Waals surface area contributed by atoms with E-state index in [-0.39, 0.29) is 11.9 Å². The van der Waals surface area contributed by atoms with Crippen molar-refractivity contribution in [1.29, 1.82) is 0 Å². The quantitative estimate of drug-likeness (QED) is 0.618. The van der Waals surface area contributed by atoms with E-state index in [1.807, 2.05) is 49.0 Å². The minimum absolute atomic E-state index is 0.182. The summed E-state index contributed by atoms with van der Waals surface area (Å²) < 4.78 is 32.9. The summed E-state index contributed by atoms with van der Waals surface area (Å²) in [7, 11) is 0.0984. The van der Waals surface area contributed by atoms with Gasteiger partial charge in [-0.05, 0) is 54.8 Å².